The molecular weight excluding hydrogens is 452 g/mol. The maximum Gasteiger partial charge on any atom is 0.261 e. The highest BCUT2D eigenvalue weighted by molar-refractivity contribution is 7.91. The molecule has 0 fully saturated rings. The molecule has 0 aliphatic rings. The van der Waals surface area contributed by atoms with Gasteiger partial charge in [0.15, 0.2) is 0 Å². The Morgan fingerprint density at radius 3 is 2.58 bits per heavy atom. The summed E-state index contributed by atoms with van der Waals surface area (Å²) in [5.41, 5.74) is 1.49. The topological polar surface area (TPSA) is 76.1 Å². The summed E-state index contributed by atoms with van der Waals surface area (Å²) in [4.78, 5) is 17.6. The van der Waals surface area contributed by atoms with E-state index in [9.17, 15) is 13.2 Å². The molecule has 1 amide bonds. The third-order valence-corrected chi connectivity index (χ3v) is 8.12. The number of nitrogens with zero attached hydrogens (tertiary/aromatic N) is 1. The van der Waals surface area contributed by atoms with Crippen LogP contribution in [0.2, 0.25) is 5.02 Å². The van der Waals surface area contributed by atoms with Crippen molar-refractivity contribution in [2.24, 2.45) is 0 Å². The average molecular weight is 471 g/mol. The van der Waals surface area contributed by atoms with Crippen LogP contribution >= 0.6 is 22.9 Å². The molecule has 2 heterocycles. The van der Waals surface area contributed by atoms with Gasteiger partial charge >= 0.3 is 0 Å². The van der Waals surface area contributed by atoms with E-state index in [1.165, 1.54) is 11.3 Å². The highest BCUT2D eigenvalue weighted by Gasteiger charge is 2.21. The van der Waals surface area contributed by atoms with Crippen LogP contribution in [0.3, 0.4) is 0 Å². The molecule has 0 aliphatic heterocycles. The Hall–Kier alpha value is -2.74. The number of amides is 1. The van der Waals surface area contributed by atoms with Crippen LogP contribution in [0.1, 0.15) is 27.7 Å². The van der Waals surface area contributed by atoms with Gasteiger partial charge in [-0.15, -0.1) is 11.3 Å². The van der Waals surface area contributed by atoms with Crippen molar-refractivity contribution >= 4 is 48.8 Å². The van der Waals surface area contributed by atoms with Crippen molar-refractivity contribution in [1.29, 1.82) is 0 Å². The summed E-state index contributed by atoms with van der Waals surface area (Å²) in [6, 6.07) is 15.1. The lowest BCUT2D eigenvalue weighted by molar-refractivity contribution is 0.0955. The Labute approximate surface area is 189 Å². The van der Waals surface area contributed by atoms with Crippen LogP contribution in [0.15, 0.2) is 76.8 Å². The fourth-order valence-electron chi connectivity index (χ4n) is 3.27. The van der Waals surface area contributed by atoms with Gasteiger partial charge in [-0.1, -0.05) is 30.7 Å². The summed E-state index contributed by atoms with van der Waals surface area (Å²) in [7, 11) is -3.65. The van der Waals surface area contributed by atoms with E-state index in [0.717, 1.165) is 15.6 Å². The Morgan fingerprint density at radius 1 is 1.10 bits per heavy atom. The molecule has 5 nitrogen and oxygen atoms in total. The lowest BCUT2D eigenvalue weighted by Gasteiger charge is -2.11. The summed E-state index contributed by atoms with van der Waals surface area (Å²) >= 11 is 7.39. The fourth-order valence-corrected chi connectivity index (χ4v) is 5.95. The van der Waals surface area contributed by atoms with E-state index >= 15 is 0 Å². The van der Waals surface area contributed by atoms with Crippen molar-refractivity contribution in [2.75, 3.05) is 0 Å². The highest BCUT2D eigenvalue weighted by atomic mass is 35.5. The number of aryl methyl sites for hydroxylation is 1. The van der Waals surface area contributed by atoms with Crippen LogP contribution in [0.4, 0.5) is 0 Å². The lowest BCUT2D eigenvalue weighted by Crippen LogP contribution is -2.21. The maximum absolute atomic E-state index is 13.1. The third kappa shape index (κ3) is 4.49. The van der Waals surface area contributed by atoms with Gasteiger partial charge in [0.05, 0.1) is 19.4 Å². The quantitative estimate of drug-likeness (QED) is 0.416. The first kappa shape index (κ1) is 21.5. The fraction of sp³-hybridized carbons (Fsp3) is 0.130. The molecule has 0 aliphatic carbocycles. The Morgan fingerprint density at radius 2 is 1.87 bits per heavy atom. The normalized spacial score (nSPS) is 11.5. The van der Waals surface area contributed by atoms with Crippen molar-refractivity contribution in [3.8, 4) is 0 Å². The third-order valence-electron chi connectivity index (χ3n) is 4.93. The first-order valence-electron chi connectivity index (χ1n) is 9.62. The second-order valence-electron chi connectivity index (χ2n) is 6.96. The largest absolute Gasteiger partial charge is 0.347 e. The first-order chi connectivity index (χ1) is 14.9. The van der Waals surface area contributed by atoms with E-state index in [1.54, 1.807) is 54.9 Å². The highest BCUT2D eigenvalue weighted by Crippen LogP contribution is 2.27. The number of pyridine rings is 1. The minimum absolute atomic E-state index is 0.174. The van der Waals surface area contributed by atoms with E-state index in [0.29, 0.717) is 28.4 Å². The number of carbonyl (C=O) groups excluding carboxylic acids is 1. The average Bonchev–Trinajstić information content (AvgIpc) is 3.22. The van der Waals surface area contributed by atoms with E-state index in [-0.39, 0.29) is 15.7 Å². The summed E-state index contributed by atoms with van der Waals surface area (Å²) in [6.45, 7) is 2.19. The number of benzene rings is 2. The van der Waals surface area contributed by atoms with Gasteiger partial charge in [0.1, 0.15) is 0 Å². The van der Waals surface area contributed by atoms with Crippen molar-refractivity contribution < 1.29 is 13.2 Å². The zero-order valence-electron chi connectivity index (χ0n) is 16.6. The number of nitrogens with one attached hydrogen (secondary N) is 1. The van der Waals surface area contributed by atoms with Crippen LogP contribution in [0, 0.1) is 0 Å². The van der Waals surface area contributed by atoms with Crippen LogP contribution in [0.25, 0.3) is 10.1 Å². The van der Waals surface area contributed by atoms with Gasteiger partial charge in [-0.05, 0) is 65.4 Å². The van der Waals surface area contributed by atoms with Crippen molar-refractivity contribution in [3.63, 3.8) is 0 Å². The Kier molecular flexibility index (Phi) is 6.09. The molecule has 158 valence electrons. The van der Waals surface area contributed by atoms with Crippen LogP contribution < -0.4 is 5.32 Å². The van der Waals surface area contributed by atoms with Gasteiger partial charge in [-0.3, -0.25) is 9.78 Å². The molecule has 0 saturated carbocycles. The molecule has 8 heteroatoms. The first-order valence-corrected chi connectivity index (χ1v) is 12.3. The molecule has 0 atom stereocenters. The number of rotatable bonds is 6. The molecule has 0 unspecified atom stereocenters. The monoisotopic (exact) mass is 470 g/mol. The minimum atomic E-state index is -3.65. The molecule has 31 heavy (non-hydrogen) atoms. The summed E-state index contributed by atoms with van der Waals surface area (Å²) < 4.78 is 27.1. The van der Waals surface area contributed by atoms with Crippen molar-refractivity contribution in [2.45, 2.75) is 29.7 Å². The number of halogens is 1. The molecular formula is C23H19ClN2O3S2. The van der Waals surface area contributed by atoms with E-state index in [1.807, 2.05) is 19.1 Å². The number of hydrogen-bond acceptors (Lipinski definition) is 5. The van der Waals surface area contributed by atoms with Gasteiger partial charge in [-0.2, -0.15) is 0 Å². The predicted octanol–water partition coefficient (Wildman–Crippen LogP) is 5.27. The van der Waals surface area contributed by atoms with Crippen LogP contribution in [-0.4, -0.2) is 19.3 Å². The van der Waals surface area contributed by atoms with Crippen molar-refractivity contribution in [3.05, 3.63) is 88.0 Å². The predicted molar refractivity (Wildman–Crippen MR) is 124 cm³/mol. The van der Waals surface area contributed by atoms with E-state index < -0.39 is 9.84 Å². The number of sulfone groups is 1. The Bertz CT molecular complexity index is 1330. The SMILES string of the molecule is CCc1cc(Cl)ccc1S(=O)(=O)c1ccc(CNC(=O)c2cc3ccncc3s2)cc1. The zero-order valence-corrected chi connectivity index (χ0v) is 19.0. The lowest BCUT2D eigenvalue weighted by atomic mass is 10.2. The molecule has 0 radical (unpaired) electrons. The zero-order chi connectivity index (χ0) is 22.0. The summed E-state index contributed by atoms with van der Waals surface area (Å²) in [5, 5.41) is 4.37. The van der Waals surface area contributed by atoms with E-state index in [4.69, 9.17) is 11.6 Å². The molecule has 0 saturated heterocycles. The van der Waals surface area contributed by atoms with Gasteiger partial charge in [-0.25, -0.2) is 8.42 Å². The Balaban J connectivity index is 1.48. The molecule has 0 bridgehead atoms. The molecule has 1 N–H and O–H groups in total. The number of hydrogen-bond donors (Lipinski definition) is 1. The minimum Gasteiger partial charge on any atom is -0.347 e. The standard InChI is InChI=1S/C23H19ClN2O3S2/c1-2-16-11-18(24)5-8-22(16)31(28,29)19-6-3-15(4-7-19)13-26-23(27)20-12-17-9-10-25-14-21(17)30-20/h3-12,14H,2,13H2,1H3,(H,26,27). The number of thiophene rings is 1. The number of carbonyl (C=O) groups is 1. The van der Waals surface area contributed by atoms with Gasteiger partial charge in [0.2, 0.25) is 9.84 Å². The van der Waals surface area contributed by atoms with Crippen LogP contribution in [0.5, 0.6) is 0 Å². The van der Waals surface area contributed by atoms with E-state index in [2.05, 4.69) is 10.3 Å². The molecule has 4 rings (SSSR count). The van der Waals surface area contributed by atoms with Gasteiger partial charge in [0.25, 0.3) is 5.91 Å². The number of fused-ring (bicyclic) bond motifs is 1. The molecule has 2 aromatic heterocycles. The summed E-state index contributed by atoms with van der Waals surface area (Å²) in [5.74, 6) is -0.174. The molecule has 0 spiro atoms. The number of aromatic nitrogens is 1. The smallest absolute Gasteiger partial charge is 0.261 e. The van der Waals surface area contributed by atoms with Gasteiger partial charge < -0.3 is 5.32 Å². The molecule has 2 aromatic carbocycles. The maximum atomic E-state index is 13.1. The second kappa shape index (κ2) is 8.78. The van der Waals surface area contributed by atoms with Crippen molar-refractivity contribution in [1.82, 2.24) is 10.3 Å². The molecule has 4 aromatic rings. The second-order valence-corrected chi connectivity index (χ2v) is 10.4. The van der Waals surface area contributed by atoms with Gasteiger partial charge in [0, 0.05) is 24.0 Å². The summed E-state index contributed by atoms with van der Waals surface area (Å²) in [6.07, 6.45) is 3.99. The van der Waals surface area contributed by atoms with Crippen LogP contribution in [-0.2, 0) is 22.8 Å².